The molecule has 1 amide bonds. The molecule has 1 aromatic carbocycles. The van der Waals surface area contributed by atoms with Crippen molar-refractivity contribution in [3.05, 3.63) is 47.3 Å². The minimum absolute atomic E-state index is 0. The van der Waals surface area contributed by atoms with Gasteiger partial charge < -0.3 is 15.5 Å². The lowest BCUT2D eigenvalue weighted by atomic mass is 10.2. The predicted molar refractivity (Wildman–Crippen MR) is 133 cm³/mol. The molecule has 0 spiro atoms. The van der Waals surface area contributed by atoms with Crippen LogP contribution in [0, 0.1) is 19.8 Å². The van der Waals surface area contributed by atoms with E-state index in [0.717, 1.165) is 49.0 Å². The van der Waals surface area contributed by atoms with Crippen LogP contribution in [0.4, 0.5) is 5.69 Å². The number of amides is 1. The molecule has 1 fully saturated rings. The number of nitrogens with one attached hydrogen (secondary N) is 2. The molecule has 1 saturated heterocycles. The summed E-state index contributed by atoms with van der Waals surface area (Å²) in [5, 5.41) is 11.3. The second-order valence-electron chi connectivity index (χ2n) is 7.84. The number of halogens is 1. The highest BCUT2D eigenvalue weighted by Gasteiger charge is 2.21. The van der Waals surface area contributed by atoms with Crippen LogP contribution in [0.3, 0.4) is 0 Å². The van der Waals surface area contributed by atoms with Crippen LogP contribution in [-0.2, 0) is 17.9 Å². The Hall–Kier alpha value is -2.10. The minimum Gasteiger partial charge on any atom is -0.356 e. The maximum atomic E-state index is 11.9. The minimum atomic E-state index is 0. The SMILES string of the molecule is CN=C(NCc1ccc(N2CCCC2=O)cc1)NCC(C)Cn1nc(C)cc1C.I. The first-order valence-electron chi connectivity index (χ1n) is 10.3. The maximum absolute atomic E-state index is 11.9. The van der Waals surface area contributed by atoms with E-state index in [0.29, 0.717) is 18.9 Å². The van der Waals surface area contributed by atoms with E-state index in [-0.39, 0.29) is 29.9 Å². The van der Waals surface area contributed by atoms with Crippen molar-refractivity contribution in [3.63, 3.8) is 0 Å². The molecule has 8 heteroatoms. The highest BCUT2D eigenvalue weighted by atomic mass is 127. The zero-order chi connectivity index (χ0) is 20.8. The number of rotatable bonds is 7. The predicted octanol–water partition coefficient (Wildman–Crippen LogP) is 3.25. The second kappa shape index (κ2) is 11.3. The summed E-state index contributed by atoms with van der Waals surface area (Å²) in [5.74, 6) is 1.42. The highest BCUT2D eigenvalue weighted by Crippen LogP contribution is 2.21. The molecule has 1 unspecified atom stereocenters. The Labute approximate surface area is 196 Å². The summed E-state index contributed by atoms with van der Waals surface area (Å²) < 4.78 is 2.06. The van der Waals surface area contributed by atoms with Crippen LogP contribution < -0.4 is 15.5 Å². The van der Waals surface area contributed by atoms with E-state index in [1.54, 1.807) is 7.05 Å². The van der Waals surface area contributed by atoms with Crippen molar-refractivity contribution in [2.24, 2.45) is 10.9 Å². The Bertz CT molecular complexity index is 861. The van der Waals surface area contributed by atoms with E-state index < -0.39 is 0 Å². The van der Waals surface area contributed by atoms with Crippen LogP contribution in [0.5, 0.6) is 0 Å². The Morgan fingerprint density at radius 3 is 2.53 bits per heavy atom. The molecule has 2 heterocycles. The second-order valence-corrected chi connectivity index (χ2v) is 7.84. The van der Waals surface area contributed by atoms with Gasteiger partial charge in [0.25, 0.3) is 0 Å². The zero-order valence-electron chi connectivity index (χ0n) is 18.3. The lowest BCUT2D eigenvalue weighted by molar-refractivity contribution is -0.117. The smallest absolute Gasteiger partial charge is 0.227 e. The molecule has 0 bridgehead atoms. The Kier molecular flexibility index (Phi) is 9.13. The molecule has 2 aromatic rings. The fourth-order valence-corrected chi connectivity index (χ4v) is 3.61. The molecule has 1 atom stereocenters. The number of hydrogen-bond acceptors (Lipinski definition) is 3. The molecule has 30 heavy (non-hydrogen) atoms. The third kappa shape index (κ3) is 6.45. The van der Waals surface area contributed by atoms with Gasteiger partial charge in [-0.1, -0.05) is 19.1 Å². The van der Waals surface area contributed by atoms with Crippen LogP contribution in [0.1, 0.15) is 36.7 Å². The molecule has 1 aliphatic rings. The van der Waals surface area contributed by atoms with Crippen molar-refractivity contribution in [1.82, 2.24) is 20.4 Å². The third-order valence-electron chi connectivity index (χ3n) is 5.21. The van der Waals surface area contributed by atoms with Gasteiger partial charge in [0.1, 0.15) is 0 Å². The number of carbonyl (C=O) groups is 1. The van der Waals surface area contributed by atoms with E-state index in [2.05, 4.69) is 57.5 Å². The number of benzene rings is 1. The van der Waals surface area contributed by atoms with Gasteiger partial charge in [0, 0.05) is 51.0 Å². The maximum Gasteiger partial charge on any atom is 0.227 e. The topological polar surface area (TPSA) is 74.6 Å². The lowest BCUT2D eigenvalue weighted by Crippen LogP contribution is -2.39. The monoisotopic (exact) mass is 524 g/mol. The summed E-state index contributed by atoms with van der Waals surface area (Å²) in [7, 11) is 1.78. The summed E-state index contributed by atoms with van der Waals surface area (Å²) in [6, 6.07) is 10.3. The number of nitrogens with zero attached hydrogens (tertiary/aromatic N) is 4. The summed E-state index contributed by atoms with van der Waals surface area (Å²) in [5.41, 5.74) is 4.38. The van der Waals surface area contributed by atoms with Crippen LogP contribution in [0.25, 0.3) is 0 Å². The average Bonchev–Trinajstić information content (AvgIpc) is 3.27. The number of guanidine groups is 1. The summed E-state index contributed by atoms with van der Waals surface area (Å²) >= 11 is 0. The molecule has 0 aliphatic carbocycles. The molecule has 0 radical (unpaired) electrons. The standard InChI is InChI=1S/C22H32N6O.HI/c1-16(15-28-18(3)12-17(2)26-28)13-24-22(23-4)25-14-19-7-9-20(10-8-19)27-11-5-6-21(27)29;/h7-10,12,16H,5-6,11,13-15H2,1-4H3,(H2,23,24,25);1H. The number of aliphatic imine (C=N–C) groups is 1. The molecular formula is C22H33IN6O. The third-order valence-corrected chi connectivity index (χ3v) is 5.21. The zero-order valence-corrected chi connectivity index (χ0v) is 20.6. The molecule has 3 rings (SSSR count). The highest BCUT2D eigenvalue weighted by molar-refractivity contribution is 14.0. The van der Waals surface area contributed by atoms with Crippen LogP contribution in [-0.4, -0.2) is 41.8 Å². The van der Waals surface area contributed by atoms with Crippen molar-refractivity contribution < 1.29 is 4.79 Å². The molecular weight excluding hydrogens is 491 g/mol. The Morgan fingerprint density at radius 2 is 1.97 bits per heavy atom. The van der Waals surface area contributed by atoms with Gasteiger partial charge in [-0.2, -0.15) is 5.10 Å². The summed E-state index contributed by atoms with van der Waals surface area (Å²) in [4.78, 5) is 18.0. The van der Waals surface area contributed by atoms with E-state index in [1.165, 1.54) is 5.69 Å². The van der Waals surface area contributed by atoms with Crippen molar-refractivity contribution in [3.8, 4) is 0 Å². The van der Waals surface area contributed by atoms with E-state index in [4.69, 9.17) is 0 Å². The first kappa shape index (κ1) is 24.2. The van der Waals surface area contributed by atoms with Gasteiger partial charge in [0.15, 0.2) is 5.96 Å². The van der Waals surface area contributed by atoms with E-state index in [1.807, 2.05) is 24.0 Å². The van der Waals surface area contributed by atoms with Crippen molar-refractivity contribution in [2.75, 3.05) is 25.0 Å². The number of anilines is 1. The fourth-order valence-electron chi connectivity index (χ4n) is 3.61. The van der Waals surface area contributed by atoms with Crippen molar-refractivity contribution in [1.29, 1.82) is 0 Å². The first-order valence-corrected chi connectivity index (χ1v) is 10.3. The van der Waals surface area contributed by atoms with Crippen molar-refractivity contribution in [2.45, 2.75) is 46.7 Å². The van der Waals surface area contributed by atoms with E-state index >= 15 is 0 Å². The van der Waals surface area contributed by atoms with Crippen LogP contribution >= 0.6 is 24.0 Å². The molecule has 0 saturated carbocycles. The molecule has 2 N–H and O–H groups in total. The Morgan fingerprint density at radius 1 is 1.23 bits per heavy atom. The van der Waals surface area contributed by atoms with Gasteiger partial charge >= 0.3 is 0 Å². The quantitative estimate of drug-likeness (QED) is 0.332. The fraction of sp³-hybridized carbons (Fsp3) is 0.500. The number of aromatic nitrogens is 2. The average molecular weight is 524 g/mol. The van der Waals surface area contributed by atoms with Gasteiger partial charge in [0.2, 0.25) is 5.91 Å². The van der Waals surface area contributed by atoms with Gasteiger partial charge in [-0.05, 0) is 49.9 Å². The van der Waals surface area contributed by atoms with Gasteiger partial charge in [-0.3, -0.25) is 14.5 Å². The lowest BCUT2D eigenvalue weighted by Gasteiger charge is -2.18. The van der Waals surface area contributed by atoms with Crippen LogP contribution in [0.15, 0.2) is 35.3 Å². The summed E-state index contributed by atoms with van der Waals surface area (Å²) in [6.07, 6.45) is 1.60. The molecule has 1 aromatic heterocycles. The van der Waals surface area contributed by atoms with Gasteiger partial charge in [-0.15, -0.1) is 24.0 Å². The van der Waals surface area contributed by atoms with E-state index in [9.17, 15) is 4.79 Å². The number of carbonyl (C=O) groups excluding carboxylic acids is 1. The normalized spacial score (nSPS) is 15.1. The Balaban J connectivity index is 0.00000320. The molecule has 1 aliphatic heterocycles. The number of aryl methyl sites for hydroxylation is 2. The van der Waals surface area contributed by atoms with Crippen molar-refractivity contribution >= 4 is 41.5 Å². The van der Waals surface area contributed by atoms with Crippen LogP contribution in [0.2, 0.25) is 0 Å². The van der Waals surface area contributed by atoms with Gasteiger partial charge in [-0.25, -0.2) is 0 Å². The number of hydrogen-bond donors (Lipinski definition) is 2. The molecule has 164 valence electrons. The molecule has 7 nitrogen and oxygen atoms in total. The van der Waals surface area contributed by atoms with Gasteiger partial charge in [0.05, 0.1) is 5.69 Å². The largest absolute Gasteiger partial charge is 0.356 e. The summed E-state index contributed by atoms with van der Waals surface area (Å²) in [6.45, 7) is 9.51. The first-order chi connectivity index (χ1) is 14.0.